The van der Waals surface area contributed by atoms with Gasteiger partial charge in [-0.2, -0.15) is 0 Å². The van der Waals surface area contributed by atoms with Crippen molar-refractivity contribution in [1.82, 2.24) is 4.90 Å². The average Bonchev–Trinajstić information content (AvgIpc) is 2.82. The third-order valence-corrected chi connectivity index (χ3v) is 4.84. The largest absolute Gasteiger partial charge is 0.548 e. The second-order valence-corrected chi connectivity index (χ2v) is 6.55. The first kappa shape index (κ1) is 18.3. The zero-order valence-corrected chi connectivity index (χ0v) is 15.0. The number of carboxylic acid groups (broad SMARTS) is 1. The van der Waals surface area contributed by atoms with E-state index in [2.05, 4.69) is 0 Å². The molecule has 0 spiro atoms. The smallest absolute Gasteiger partial charge is 0.266 e. The highest BCUT2D eigenvalue weighted by Crippen LogP contribution is 2.38. The number of aliphatic carboxylic acids is 1. The Morgan fingerprint density at radius 1 is 1.42 bits per heavy atom. The van der Waals surface area contributed by atoms with Gasteiger partial charge in [0.15, 0.2) is 11.5 Å². The van der Waals surface area contributed by atoms with Crippen LogP contribution in [-0.4, -0.2) is 41.4 Å². The molecule has 1 aromatic carbocycles. The summed E-state index contributed by atoms with van der Waals surface area (Å²) in [4.78, 5) is 25.2. The van der Waals surface area contributed by atoms with Gasteiger partial charge in [0.05, 0.1) is 31.1 Å². The Bertz CT molecular complexity index is 716. The lowest BCUT2D eigenvalue weighted by Crippen LogP contribution is -2.49. The van der Waals surface area contributed by atoms with E-state index in [1.54, 1.807) is 31.2 Å². The van der Waals surface area contributed by atoms with Gasteiger partial charge in [-0.15, -0.1) is 0 Å². The van der Waals surface area contributed by atoms with Gasteiger partial charge in [0.25, 0.3) is 5.91 Å². The number of thiocarbonyl (C=S) groups is 1. The zero-order valence-electron chi connectivity index (χ0n) is 13.4. The van der Waals surface area contributed by atoms with Crippen molar-refractivity contribution in [3.8, 4) is 11.5 Å². The molecule has 128 valence electrons. The summed E-state index contributed by atoms with van der Waals surface area (Å²) in [5.74, 6) is -0.764. The summed E-state index contributed by atoms with van der Waals surface area (Å²) in [7, 11) is 3.02. The maximum absolute atomic E-state index is 12.6. The van der Waals surface area contributed by atoms with E-state index in [1.165, 1.54) is 14.2 Å². The maximum atomic E-state index is 12.6. The number of methoxy groups -OCH3 is 2. The number of carbonyl (C=O) groups is 2. The van der Waals surface area contributed by atoms with Gasteiger partial charge in [0, 0.05) is 5.56 Å². The molecule has 1 atom stereocenters. The first-order valence-corrected chi connectivity index (χ1v) is 8.36. The highest BCUT2D eigenvalue weighted by Gasteiger charge is 2.37. The van der Waals surface area contributed by atoms with E-state index >= 15 is 0 Å². The molecule has 8 heteroatoms. The number of ether oxygens (including phenoxy) is 2. The Kier molecular flexibility index (Phi) is 5.84. The molecule has 0 unspecified atom stereocenters. The van der Waals surface area contributed by atoms with Crippen molar-refractivity contribution in [3.63, 3.8) is 0 Å². The Labute approximate surface area is 149 Å². The minimum absolute atomic E-state index is 0.198. The number of hydrogen-bond acceptors (Lipinski definition) is 7. The van der Waals surface area contributed by atoms with Crippen LogP contribution >= 0.6 is 24.0 Å². The van der Waals surface area contributed by atoms with Crippen molar-refractivity contribution in [2.24, 2.45) is 0 Å². The summed E-state index contributed by atoms with van der Waals surface area (Å²) >= 11 is 6.21. The lowest BCUT2D eigenvalue weighted by atomic mass is 10.1. The number of hydrogen-bond donors (Lipinski definition) is 0. The third kappa shape index (κ3) is 3.39. The van der Waals surface area contributed by atoms with Crippen molar-refractivity contribution in [2.75, 3.05) is 14.2 Å². The molecule has 0 radical (unpaired) electrons. The van der Waals surface area contributed by atoms with Gasteiger partial charge < -0.3 is 19.4 Å². The molecule has 1 aromatic rings. The lowest BCUT2D eigenvalue weighted by Gasteiger charge is -2.26. The molecular formula is C16H16NO5S2-. The van der Waals surface area contributed by atoms with Gasteiger partial charge in [0.1, 0.15) is 4.32 Å². The number of thioether (sulfide) groups is 1. The first-order chi connectivity index (χ1) is 11.4. The van der Waals surface area contributed by atoms with Gasteiger partial charge in [-0.1, -0.05) is 43.0 Å². The van der Waals surface area contributed by atoms with Crippen LogP contribution in [0.15, 0.2) is 23.1 Å². The predicted molar refractivity (Wildman–Crippen MR) is 93.6 cm³/mol. The standard InChI is InChI=1S/C16H17NO5S2/c1-4-10(15(19)20)17-14(18)12(24-16(17)23)8-9-6-5-7-11(21-2)13(9)22-3/h5-8,10H,4H2,1-3H3,(H,19,20)/p-1/b12-8+/t10-/m0/s1. The zero-order chi connectivity index (χ0) is 17.9. The van der Waals surface area contributed by atoms with Gasteiger partial charge in [-0.25, -0.2) is 0 Å². The molecule has 0 bridgehead atoms. The van der Waals surface area contributed by atoms with Crippen molar-refractivity contribution in [1.29, 1.82) is 0 Å². The molecule has 0 N–H and O–H groups in total. The number of rotatable bonds is 6. The molecule has 1 fully saturated rings. The van der Waals surface area contributed by atoms with E-state index in [9.17, 15) is 14.7 Å². The Hall–Kier alpha value is -2.06. The Morgan fingerprint density at radius 2 is 2.12 bits per heavy atom. The molecule has 1 amide bonds. The van der Waals surface area contributed by atoms with Crippen LogP contribution in [0, 0.1) is 0 Å². The van der Waals surface area contributed by atoms with E-state index in [4.69, 9.17) is 21.7 Å². The summed E-state index contributed by atoms with van der Waals surface area (Å²) in [5, 5.41) is 11.2. The number of amides is 1. The highest BCUT2D eigenvalue weighted by molar-refractivity contribution is 8.26. The van der Waals surface area contributed by atoms with Crippen LogP contribution in [0.2, 0.25) is 0 Å². The predicted octanol–water partition coefficient (Wildman–Crippen LogP) is 1.43. The van der Waals surface area contributed by atoms with Crippen LogP contribution in [0.25, 0.3) is 6.08 Å². The van der Waals surface area contributed by atoms with E-state index in [-0.39, 0.29) is 10.7 Å². The molecular weight excluding hydrogens is 350 g/mol. The quantitative estimate of drug-likeness (QED) is 0.557. The normalized spacial score (nSPS) is 17.3. The van der Waals surface area contributed by atoms with Crippen molar-refractivity contribution in [3.05, 3.63) is 28.7 Å². The van der Waals surface area contributed by atoms with Crippen molar-refractivity contribution >= 4 is 46.3 Å². The molecule has 2 rings (SSSR count). The van der Waals surface area contributed by atoms with Crippen LogP contribution in [-0.2, 0) is 9.59 Å². The van der Waals surface area contributed by atoms with Crippen LogP contribution in [0.3, 0.4) is 0 Å². The monoisotopic (exact) mass is 366 g/mol. The van der Waals surface area contributed by atoms with E-state index < -0.39 is 17.9 Å². The summed E-state index contributed by atoms with van der Waals surface area (Å²) in [6.07, 6.45) is 1.83. The molecule has 24 heavy (non-hydrogen) atoms. The number of carboxylic acids is 1. The molecule has 1 aliphatic heterocycles. The minimum atomic E-state index is -1.32. The van der Waals surface area contributed by atoms with Crippen LogP contribution in [0.1, 0.15) is 18.9 Å². The van der Waals surface area contributed by atoms with Gasteiger partial charge in [-0.3, -0.25) is 9.69 Å². The van der Waals surface area contributed by atoms with Crippen LogP contribution < -0.4 is 14.6 Å². The molecule has 6 nitrogen and oxygen atoms in total. The summed E-state index contributed by atoms with van der Waals surface area (Å²) in [5.41, 5.74) is 0.638. The lowest BCUT2D eigenvalue weighted by molar-refractivity contribution is -0.310. The first-order valence-electron chi connectivity index (χ1n) is 7.13. The number of benzene rings is 1. The highest BCUT2D eigenvalue weighted by atomic mass is 32.2. The molecule has 1 saturated heterocycles. The van der Waals surface area contributed by atoms with Crippen LogP contribution in [0.5, 0.6) is 11.5 Å². The molecule has 1 heterocycles. The third-order valence-electron chi connectivity index (χ3n) is 3.51. The number of carbonyl (C=O) groups excluding carboxylic acids is 2. The van der Waals surface area contributed by atoms with E-state index in [1.807, 2.05) is 0 Å². The fraction of sp³-hybridized carbons (Fsp3) is 0.312. The molecule has 0 aliphatic carbocycles. The minimum Gasteiger partial charge on any atom is -0.548 e. The Balaban J connectivity index is 2.41. The van der Waals surface area contributed by atoms with Crippen molar-refractivity contribution in [2.45, 2.75) is 19.4 Å². The van der Waals surface area contributed by atoms with Gasteiger partial charge >= 0.3 is 0 Å². The fourth-order valence-corrected chi connectivity index (χ4v) is 3.72. The van der Waals surface area contributed by atoms with E-state index in [0.717, 1.165) is 16.7 Å². The summed E-state index contributed by atoms with van der Waals surface area (Å²) in [6, 6.07) is 4.20. The SMILES string of the molecule is CC[C@@H](C(=O)[O-])N1C(=O)/C(=C\c2cccc(OC)c2OC)SC1=S. The van der Waals surface area contributed by atoms with Crippen molar-refractivity contribution < 1.29 is 24.2 Å². The summed E-state index contributed by atoms with van der Waals surface area (Å²) < 4.78 is 10.8. The second kappa shape index (κ2) is 7.67. The average molecular weight is 366 g/mol. The molecule has 0 aromatic heterocycles. The Morgan fingerprint density at radius 3 is 2.67 bits per heavy atom. The topological polar surface area (TPSA) is 78.9 Å². The molecule has 0 saturated carbocycles. The fourth-order valence-electron chi connectivity index (χ4n) is 2.37. The molecule has 1 aliphatic rings. The van der Waals surface area contributed by atoms with Gasteiger partial charge in [0.2, 0.25) is 0 Å². The van der Waals surface area contributed by atoms with Crippen LogP contribution in [0.4, 0.5) is 0 Å². The second-order valence-electron chi connectivity index (χ2n) is 4.88. The maximum Gasteiger partial charge on any atom is 0.266 e. The summed E-state index contributed by atoms with van der Waals surface area (Å²) in [6.45, 7) is 1.66. The van der Waals surface area contributed by atoms with Gasteiger partial charge in [-0.05, 0) is 18.6 Å². The number of nitrogens with zero attached hydrogens (tertiary/aromatic N) is 1. The van der Waals surface area contributed by atoms with E-state index in [0.29, 0.717) is 22.0 Å². The number of para-hydroxylation sites is 1.